The number of hydrogen-bond donors (Lipinski definition) is 1. The summed E-state index contributed by atoms with van der Waals surface area (Å²) in [6.45, 7) is 2.53. The van der Waals surface area contributed by atoms with E-state index < -0.39 is 9.84 Å². The van der Waals surface area contributed by atoms with E-state index in [1.807, 2.05) is 19.1 Å². The van der Waals surface area contributed by atoms with Crippen molar-refractivity contribution in [2.45, 2.75) is 25.4 Å². The highest BCUT2D eigenvalue weighted by atomic mass is 32.2. The van der Waals surface area contributed by atoms with Gasteiger partial charge in [0.2, 0.25) is 0 Å². The molecular formula is C10H15NO3S. The smallest absolute Gasteiger partial charge is 0.152 e. The van der Waals surface area contributed by atoms with Gasteiger partial charge in [-0.3, -0.25) is 0 Å². The van der Waals surface area contributed by atoms with Crippen molar-refractivity contribution in [2.24, 2.45) is 0 Å². The Morgan fingerprint density at radius 3 is 2.93 bits per heavy atom. The molecule has 4 nitrogen and oxygen atoms in total. The lowest BCUT2D eigenvalue weighted by Crippen LogP contribution is -2.42. The maximum Gasteiger partial charge on any atom is 0.152 e. The zero-order valence-corrected chi connectivity index (χ0v) is 9.51. The van der Waals surface area contributed by atoms with Crippen molar-refractivity contribution in [3.8, 4) is 0 Å². The zero-order valence-electron chi connectivity index (χ0n) is 8.69. The molecule has 1 N–H and O–H groups in total. The van der Waals surface area contributed by atoms with Crippen LogP contribution >= 0.6 is 0 Å². The van der Waals surface area contributed by atoms with Crippen molar-refractivity contribution < 1.29 is 12.8 Å². The van der Waals surface area contributed by atoms with Crippen LogP contribution in [-0.2, 0) is 16.4 Å². The zero-order chi connectivity index (χ0) is 10.9. The minimum absolute atomic E-state index is 0.223. The van der Waals surface area contributed by atoms with E-state index in [4.69, 9.17) is 4.42 Å². The summed E-state index contributed by atoms with van der Waals surface area (Å²) in [6.07, 6.45) is 2.29. The van der Waals surface area contributed by atoms with E-state index in [0.717, 1.165) is 5.76 Å². The Morgan fingerprint density at radius 2 is 2.40 bits per heavy atom. The average molecular weight is 229 g/mol. The molecule has 15 heavy (non-hydrogen) atoms. The third-order valence-corrected chi connectivity index (χ3v) is 4.68. The first kappa shape index (κ1) is 10.7. The maximum absolute atomic E-state index is 11.3. The molecule has 1 aromatic heterocycles. The van der Waals surface area contributed by atoms with E-state index in [0.29, 0.717) is 13.0 Å². The minimum atomic E-state index is -2.84. The Hall–Kier alpha value is -0.810. The quantitative estimate of drug-likeness (QED) is 0.838. The fourth-order valence-corrected chi connectivity index (χ4v) is 3.99. The van der Waals surface area contributed by atoms with Gasteiger partial charge in [0.1, 0.15) is 5.76 Å². The lowest BCUT2D eigenvalue weighted by Gasteiger charge is -2.23. The molecule has 1 unspecified atom stereocenters. The van der Waals surface area contributed by atoms with E-state index in [1.54, 1.807) is 6.26 Å². The summed E-state index contributed by atoms with van der Waals surface area (Å²) >= 11 is 0. The Bertz CT molecular complexity index is 424. The van der Waals surface area contributed by atoms with E-state index in [9.17, 15) is 8.42 Å². The van der Waals surface area contributed by atoms with Crippen molar-refractivity contribution in [3.63, 3.8) is 0 Å². The third kappa shape index (κ3) is 2.60. The largest absolute Gasteiger partial charge is 0.468 e. The Labute approximate surface area is 89.6 Å². The fraction of sp³-hybridized carbons (Fsp3) is 0.600. The van der Waals surface area contributed by atoms with Crippen molar-refractivity contribution in [3.05, 3.63) is 24.2 Å². The summed E-state index contributed by atoms with van der Waals surface area (Å²) in [6, 6.07) is 3.70. The van der Waals surface area contributed by atoms with Crippen molar-refractivity contribution in [2.75, 3.05) is 11.5 Å². The predicted octanol–water partition coefficient (Wildman–Crippen LogP) is 0.946. The molecule has 1 aliphatic heterocycles. The normalized spacial score (nSPS) is 29.4. The number of rotatable bonds is 3. The minimum Gasteiger partial charge on any atom is -0.468 e. The van der Waals surface area contributed by atoms with Gasteiger partial charge in [0.15, 0.2) is 9.84 Å². The molecule has 1 atom stereocenters. The number of furan rings is 1. The van der Waals surface area contributed by atoms with Crippen molar-refractivity contribution in [1.29, 1.82) is 0 Å². The van der Waals surface area contributed by atoms with E-state index in [-0.39, 0.29) is 17.0 Å². The summed E-state index contributed by atoms with van der Waals surface area (Å²) in [7, 11) is -2.84. The molecule has 0 saturated carbocycles. The van der Waals surface area contributed by atoms with Crippen LogP contribution in [0, 0.1) is 0 Å². The van der Waals surface area contributed by atoms with Crippen LogP contribution in [0.3, 0.4) is 0 Å². The molecule has 0 amide bonds. The third-order valence-electron chi connectivity index (χ3n) is 2.77. The molecule has 1 fully saturated rings. The monoisotopic (exact) mass is 229 g/mol. The standard InChI is InChI=1S/C10H15NO3S/c1-10(4-6-15(12,13)8-10)11-7-9-3-2-5-14-9/h2-3,5,11H,4,6-8H2,1H3. The molecule has 0 bridgehead atoms. The first-order valence-corrected chi connectivity index (χ1v) is 6.79. The van der Waals surface area contributed by atoms with Gasteiger partial charge in [0, 0.05) is 5.54 Å². The number of sulfone groups is 1. The van der Waals surface area contributed by atoms with Gasteiger partial charge in [-0.2, -0.15) is 0 Å². The molecule has 84 valence electrons. The number of nitrogens with one attached hydrogen (secondary N) is 1. The highest BCUT2D eigenvalue weighted by molar-refractivity contribution is 7.91. The topological polar surface area (TPSA) is 59.3 Å². The molecule has 2 rings (SSSR count). The van der Waals surface area contributed by atoms with Crippen molar-refractivity contribution >= 4 is 9.84 Å². The molecular weight excluding hydrogens is 214 g/mol. The SMILES string of the molecule is CC1(NCc2ccco2)CCS(=O)(=O)C1. The first-order valence-electron chi connectivity index (χ1n) is 4.97. The maximum atomic E-state index is 11.3. The average Bonchev–Trinajstić information content (AvgIpc) is 2.71. The molecule has 1 aromatic rings. The van der Waals surface area contributed by atoms with Gasteiger partial charge in [-0.05, 0) is 25.5 Å². The molecule has 0 aliphatic carbocycles. The van der Waals surface area contributed by atoms with Crippen LogP contribution in [0.2, 0.25) is 0 Å². The molecule has 0 radical (unpaired) electrons. The van der Waals surface area contributed by atoms with Gasteiger partial charge < -0.3 is 9.73 Å². The van der Waals surface area contributed by atoms with Gasteiger partial charge in [-0.1, -0.05) is 0 Å². The lowest BCUT2D eigenvalue weighted by atomic mass is 10.0. The summed E-state index contributed by atoms with van der Waals surface area (Å²) in [5.41, 5.74) is -0.300. The lowest BCUT2D eigenvalue weighted by molar-refractivity contribution is 0.368. The summed E-state index contributed by atoms with van der Waals surface area (Å²) in [5, 5.41) is 3.24. The van der Waals surface area contributed by atoms with Crippen LogP contribution in [0.15, 0.2) is 22.8 Å². The molecule has 5 heteroatoms. The van der Waals surface area contributed by atoms with E-state index in [2.05, 4.69) is 5.32 Å². The van der Waals surface area contributed by atoms with Gasteiger partial charge >= 0.3 is 0 Å². The summed E-state index contributed by atoms with van der Waals surface area (Å²) in [4.78, 5) is 0. The van der Waals surface area contributed by atoms with Gasteiger partial charge in [-0.15, -0.1) is 0 Å². The van der Waals surface area contributed by atoms with Crippen LogP contribution in [0.4, 0.5) is 0 Å². The predicted molar refractivity (Wildman–Crippen MR) is 57.2 cm³/mol. The second-order valence-electron chi connectivity index (χ2n) is 4.34. The van der Waals surface area contributed by atoms with Crippen LogP contribution in [0.1, 0.15) is 19.1 Å². The van der Waals surface area contributed by atoms with Crippen LogP contribution in [0.25, 0.3) is 0 Å². The Balaban J connectivity index is 1.95. The fourth-order valence-electron chi connectivity index (χ4n) is 1.86. The van der Waals surface area contributed by atoms with Crippen LogP contribution in [0.5, 0.6) is 0 Å². The molecule has 0 aromatic carbocycles. The van der Waals surface area contributed by atoms with Crippen molar-refractivity contribution in [1.82, 2.24) is 5.32 Å². The second-order valence-corrected chi connectivity index (χ2v) is 6.52. The Morgan fingerprint density at radius 1 is 1.60 bits per heavy atom. The second kappa shape index (κ2) is 3.64. The number of hydrogen-bond acceptors (Lipinski definition) is 4. The van der Waals surface area contributed by atoms with Crippen LogP contribution in [-0.4, -0.2) is 25.5 Å². The molecule has 2 heterocycles. The Kier molecular flexibility index (Phi) is 2.60. The van der Waals surface area contributed by atoms with Crippen LogP contribution < -0.4 is 5.32 Å². The molecule has 1 aliphatic rings. The van der Waals surface area contributed by atoms with E-state index >= 15 is 0 Å². The summed E-state index contributed by atoms with van der Waals surface area (Å²) in [5.74, 6) is 1.34. The van der Waals surface area contributed by atoms with E-state index in [1.165, 1.54) is 0 Å². The summed E-state index contributed by atoms with van der Waals surface area (Å²) < 4.78 is 27.9. The highest BCUT2D eigenvalue weighted by Gasteiger charge is 2.37. The van der Waals surface area contributed by atoms with Gasteiger partial charge in [0.05, 0.1) is 24.3 Å². The highest BCUT2D eigenvalue weighted by Crippen LogP contribution is 2.23. The molecule has 1 saturated heterocycles. The van der Waals surface area contributed by atoms with Gasteiger partial charge in [0.25, 0.3) is 0 Å². The molecule has 0 spiro atoms. The van der Waals surface area contributed by atoms with Gasteiger partial charge in [-0.25, -0.2) is 8.42 Å². The first-order chi connectivity index (χ1) is 6.99.